The number of hydrogen-bond donors (Lipinski definition) is 2. The molecule has 1 aliphatic heterocycles. The van der Waals surface area contributed by atoms with Gasteiger partial charge in [-0.2, -0.15) is 5.10 Å². The van der Waals surface area contributed by atoms with Crippen LogP contribution in [0.2, 0.25) is 0 Å². The van der Waals surface area contributed by atoms with Crippen molar-refractivity contribution < 1.29 is 4.79 Å². The van der Waals surface area contributed by atoms with E-state index in [2.05, 4.69) is 56.3 Å². The predicted octanol–water partition coefficient (Wildman–Crippen LogP) is 1.85. The molecule has 1 unspecified atom stereocenters. The second kappa shape index (κ2) is 10.5. The molecule has 0 aliphatic carbocycles. The number of aromatic nitrogens is 3. The summed E-state index contributed by atoms with van der Waals surface area (Å²) in [5.74, 6) is 1.70. The molecule has 2 aromatic heterocycles. The molecular weight excluding hydrogens is 404 g/mol. The number of nitrogens with one attached hydrogen (secondary N) is 1. The number of anilines is 1. The zero-order chi connectivity index (χ0) is 23.3. The fraction of sp³-hybridized carbons (Fsp3) is 0.565. The van der Waals surface area contributed by atoms with Crippen molar-refractivity contribution in [1.82, 2.24) is 25.0 Å². The summed E-state index contributed by atoms with van der Waals surface area (Å²) in [6.45, 7) is 7.11. The Kier molecular flexibility index (Phi) is 7.71. The number of nitrogens with two attached hydrogens (primary N) is 1. The number of aliphatic imine (C=N–C) groups is 1. The molecule has 1 aliphatic rings. The highest BCUT2D eigenvalue weighted by Gasteiger charge is 2.26. The maximum atomic E-state index is 11.7. The zero-order valence-corrected chi connectivity index (χ0v) is 19.9. The van der Waals surface area contributed by atoms with Crippen LogP contribution < -0.4 is 16.0 Å². The number of carbonyl (C=O) groups excluding carboxylic acids is 1. The predicted molar refractivity (Wildman–Crippen MR) is 127 cm³/mol. The highest BCUT2D eigenvalue weighted by Crippen LogP contribution is 2.24. The third kappa shape index (κ3) is 5.57. The van der Waals surface area contributed by atoms with E-state index in [1.807, 2.05) is 24.8 Å². The number of hydrogen-bond acceptors (Lipinski definition) is 5. The summed E-state index contributed by atoms with van der Waals surface area (Å²) in [4.78, 5) is 25.1. The van der Waals surface area contributed by atoms with Gasteiger partial charge >= 0.3 is 0 Å². The maximum absolute atomic E-state index is 11.7. The molecule has 9 heteroatoms. The Morgan fingerprint density at radius 2 is 2.19 bits per heavy atom. The van der Waals surface area contributed by atoms with E-state index in [4.69, 9.17) is 5.73 Å². The molecule has 3 heterocycles. The summed E-state index contributed by atoms with van der Waals surface area (Å²) >= 11 is 0. The Morgan fingerprint density at radius 1 is 1.41 bits per heavy atom. The number of rotatable bonds is 7. The summed E-state index contributed by atoms with van der Waals surface area (Å²) in [5.41, 5.74) is 8.93. The molecule has 0 aromatic carbocycles. The molecular formula is C23H36N8O. The minimum atomic E-state index is -0.233. The van der Waals surface area contributed by atoms with Gasteiger partial charge in [-0.25, -0.2) is 4.98 Å². The standard InChI is InChI=1S/C23H36N8O/c1-16(2)20-19(14-30(5)28-20)13-29(4)23(25-3)27-12-17-8-6-10-26-22(17)31-11-7-9-18(15-31)21(24)32/h6,8,10,14,16,18H,7,9,11-13,15H2,1-5H3,(H2,24,32)(H,25,27). The van der Waals surface area contributed by atoms with Gasteiger partial charge in [0.05, 0.1) is 11.6 Å². The zero-order valence-electron chi connectivity index (χ0n) is 19.9. The van der Waals surface area contributed by atoms with E-state index in [9.17, 15) is 4.79 Å². The number of pyridine rings is 1. The van der Waals surface area contributed by atoms with Gasteiger partial charge < -0.3 is 20.9 Å². The van der Waals surface area contributed by atoms with Crippen LogP contribution in [0.15, 0.2) is 29.5 Å². The van der Waals surface area contributed by atoms with E-state index in [-0.39, 0.29) is 11.8 Å². The van der Waals surface area contributed by atoms with Crippen molar-refractivity contribution in [3.8, 4) is 0 Å². The number of carbonyl (C=O) groups is 1. The van der Waals surface area contributed by atoms with Crippen LogP contribution in [-0.2, 0) is 24.9 Å². The first-order chi connectivity index (χ1) is 15.3. The van der Waals surface area contributed by atoms with Crippen LogP contribution in [0, 0.1) is 5.92 Å². The van der Waals surface area contributed by atoms with Crippen molar-refractivity contribution in [2.24, 2.45) is 23.7 Å². The maximum Gasteiger partial charge on any atom is 0.222 e. The monoisotopic (exact) mass is 440 g/mol. The minimum Gasteiger partial charge on any atom is -0.369 e. The second-order valence-corrected chi connectivity index (χ2v) is 8.80. The molecule has 174 valence electrons. The van der Waals surface area contributed by atoms with Crippen molar-refractivity contribution in [2.45, 2.75) is 45.7 Å². The Hall–Kier alpha value is -3.10. The topological polar surface area (TPSA) is 105 Å². The second-order valence-electron chi connectivity index (χ2n) is 8.80. The van der Waals surface area contributed by atoms with Gasteiger partial charge in [0.1, 0.15) is 5.82 Å². The third-order valence-electron chi connectivity index (χ3n) is 5.89. The molecule has 1 fully saturated rings. The van der Waals surface area contributed by atoms with Gasteiger partial charge in [0.25, 0.3) is 0 Å². The molecule has 0 saturated carbocycles. The molecule has 3 rings (SSSR count). The summed E-state index contributed by atoms with van der Waals surface area (Å²) in [6, 6.07) is 4.00. The Morgan fingerprint density at radius 3 is 2.88 bits per heavy atom. The number of guanidine groups is 1. The lowest BCUT2D eigenvalue weighted by Gasteiger charge is -2.33. The molecule has 1 saturated heterocycles. The summed E-state index contributed by atoms with van der Waals surface area (Å²) < 4.78 is 1.87. The van der Waals surface area contributed by atoms with Gasteiger partial charge in [-0.1, -0.05) is 19.9 Å². The van der Waals surface area contributed by atoms with Crippen LogP contribution in [0.4, 0.5) is 5.82 Å². The number of amides is 1. The molecule has 0 radical (unpaired) electrons. The lowest BCUT2D eigenvalue weighted by atomic mass is 9.97. The van der Waals surface area contributed by atoms with Crippen molar-refractivity contribution in [3.05, 3.63) is 41.3 Å². The summed E-state index contributed by atoms with van der Waals surface area (Å²) in [7, 11) is 5.77. The largest absolute Gasteiger partial charge is 0.369 e. The first-order valence-electron chi connectivity index (χ1n) is 11.2. The van der Waals surface area contributed by atoms with Gasteiger partial charge in [0.2, 0.25) is 5.91 Å². The van der Waals surface area contributed by atoms with Gasteiger partial charge in [-0.15, -0.1) is 0 Å². The van der Waals surface area contributed by atoms with Crippen molar-refractivity contribution in [1.29, 1.82) is 0 Å². The molecule has 1 atom stereocenters. The lowest BCUT2D eigenvalue weighted by Crippen LogP contribution is -2.42. The number of piperidine rings is 1. The Labute approximate surface area is 190 Å². The van der Waals surface area contributed by atoms with Crippen LogP contribution in [0.5, 0.6) is 0 Å². The molecule has 0 spiro atoms. The molecule has 9 nitrogen and oxygen atoms in total. The fourth-order valence-electron chi connectivity index (χ4n) is 4.31. The van der Waals surface area contributed by atoms with E-state index in [1.165, 1.54) is 5.56 Å². The van der Waals surface area contributed by atoms with Crippen molar-refractivity contribution in [2.75, 3.05) is 32.1 Å². The summed E-state index contributed by atoms with van der Waals surface area (Å²) in [5, 5.41) is 8.07. The van der Waals surface area contributed by atoms with E-state index in [0.29, 0.717) is 25.6 Å². The fourth-order valence-corrected chi connectivity index (χ4v) is 4.31. The van der Waals surface area contributed by atoms with Gasteiger partial charge in [-0.3, -0.25) is 14.5 Å². The van der Waals surface area contributed by atoms with E-state index in [0.717, 1.165) is 42.4 Å². The normalized spacial score (nSPS) is 17.0. The number of nitrogens with zero attached hydrogens (tertiary/aromatic N) is 6. The quantitative estimate of drug-likeness (QED) is 0.503. The smallest absolute Gasteiger partial charge is 0.222 e. The average molecular weight is 441 g/mol. The van der Waals surface area contributed by atoms with Crippen LogP contribution in [0.25, 0.3) is 0 Å². The molecule has 32 heavy (non-hydrogen) atoms. The van der Waals surface area contributed by atoms with Gasteiger partial charge in [0, 0.05) is 70.8 Å². The SMILES string of the molecule is CN=C(NCc1cccnc1N1CCCC(C(N)=O)C1)N(C)Cc1cn(C)nc1C(C)C. The first kappa shape index (κ1) is 23.6. The van der Waals surface area contributed by atoms with E-state index >= 15 is 0 Å². The average Bonchev–Trinajstić information content (AvgIpc) is 3.14. The van der Waals surface area contributed by atoms with Crippen molar-refractivity contribution in [3.63, 3.8) is 0 Å². The van der Waals surface area contributed by atoms with Crippen LogP contribution in [0.3, 0.4) is 0 Å². The van der Waals surface area contributed by atoms with E-state index in [1.54, 1.807) is 13.2 Å². The van der Waals surface area contributed by atoms with Crippen molar-refractivity contribution >= 4 is 17.7 Å². The molecule has 0 bridgehead atoms. The molecule has 3 N–H and O–H groups in total. The third-order valence-corrected chi connectivity index (χ3v) is 5.89. The Bertz CT molecular complexity index is 951. The Balaban J connectivity index is 1.69. The van der Waals surface area contributed by atoms with Crippen LogP contribution in [-0.4, -0.2) is 58.7 Å². The number of primary amides is 1. The highest BCUT2D eigenvalue weighted by atomic mass is 16.1. The van der Waals surface area contributed by atoms with Gasteiger partial charge in [0.15, 0.2) is 5.96 Å². The van der Waals surface area contributed by atoms with Gasteiger partial charge in [-0.05, 0) is 24.8 Å². The van der Waals surface area contributed by atoms with E-state index < -0.39 is 0 Å². The molecule has 1 amide bonds. The first-order valence-corrected chi connectivity index (χ1v) is 11.2. The van der Waals surface area contributed by atoms with Crippen LogP contribution in [0.1, 0.15) is 49.4 Å². The molecule has 2 aromatic rings. The highest BCUT2D eigenvalue weighted by molar-refractivity contribution is 5.80. The lowest BCUT2D eigenvalue weighted by molar-refractivity contribution is -0.122. The van der Waals surface area contributed by atoms with Crippen LogP contribution >= 0.6 is 0 Å². The summed E-state index contributed by atoms with van der Waals surface area (Å²) in [6.07, 6.45) is 5.65. The minimum absolute atomic E-state index is 0.125. The number of aryl methyl sites for hydroxylation is 1.